The number of carbonyl (C=O) groups is 1. The average Bonchev–Trinajstić information content (AvgIpc) is 3.14. The molecule has 1 N–H and O–H groups in total. The molecule has 5 nitrogen and oxygen atoms in total. The van der Waals surface area contributed by atoms with Gasteiger partial charge in [0.1, 0.15) is 15.8 Å². The van der Waals surface area contributed by atoms with Gasteiger partial charge in [-0.25, -0.2) is 4.98 Å². The van der Waals surface area contributed by atoms with Crippen LogP contribution >= 0.6 is 46.3 Å². The topological polar surface area (TPSA) is 60.5 Å². The number of ether oxygens (including phenoxy) is 2. The van der Waals surface area contributed by atoms with Gasteiger partial charge in [0.25, 0.3) is 0 Å². The van der Waals surface area contributed by atoms with E-state index in [0.717, 1.165) is 9.90 Å². The number of nitrogens with zero attached hydrogens (tertiary/aromatic N) is 1. The summed E-state index contributed by atoms with van der Waals surface area (Å²) in [7, 11) is 3.12. The third-order valence-corrected chi connectivity index (χ3v) is 6.63. The number of thiazole rings is 1. The molecular weight excluding hydrogens is 451 g/mol. The molecule has 0 bridgehead atoms. The van der Waals surface area contributed by atoms with Gasteiger partial charge in [0, 0.05) is 27.2 Å². The van der Waals surface area contributed by atoms with E-state index in [-0.39, 0.29) is 12.3 Å². The summed E-state index contributed by atoms with van der Waals surface area (Å²) in [5.41, 5.74) is 2.28. The molecule has 0 atom stereocenters. The Balaban J connectivity index is 1.57. The van der Waals surface area contributed by atoms with Crippen LogP contribution in [0.15, 0.2) is 46.1 Å². The summed E-state index contributed by atoms with van der Waals surface area (Å²) in [5, 5.41) is 5.98. The van der Waals surface area contributed by atoms with Crippen molar-refractivity contribution >= 4 is 57.9 Å². The smallest absolute Gasteiger partial charge is 0.230 e. The van der Waals surface area contributed by atoms with E-state index in [1.54, 1.807) is 50.2 Å². The van der Waals surface area contributed by atoms with Crippen LogP contribution in [0.2, 0.25) is 10.0 Å². The lowest BCUT2D eigenvalue weighted by molar-refractivity contribution is -0.115. The van der Waals surface area contributed by atoms with Crippen molar-refractivity contribution < 1.29 is 14.3 Å². The molecule has 2 aromatic carbocycles. The van der Waals surface area contributed by atoms with Gasteiger partial charge < -0.3 is 14.8 Å². The zero-order chi connectivity index (χ0) is 20.8. The normalized spacial score (nSPS) is 10.6. The molecule has 0 spiro atoms. The fraction of sp³-hybridized carbons (Fsp3) is 0.200. The lowest BCUT2D eigenvalue weighted by Crippen LogP contribution is -2.15. The lowest BCUT2D eigenvalue weighted by atomic mass is 10.2. The van der Waals surface area contributed by atoms with Crippen molar-refractivity contribution in [2.24, 2.45) is 0 Å². The molecule has 0 radical (unpaired) electrons. The molecule has 0 saturated heterocycles. The van der Waals surface area contributed by atoms with Crippen molar-refractivity contribution in [1.82, 2.24) is 4.98 Å². The van der Waals surface area contributed by atoms with E-state index in [2.05, 4.69) is 10.3 Å². The predicted octanol–water partition coefficient (Wildman–Crippen LogP) is 5.94. The van der Waals surface area contributed by atoms with E-state index in [1.165, 1.54) is 11.3 Å². The predicted molar refractivity (Wildman–Crippen MR) is 120 cm³/mol. The number of halogens is 2. The number of amides is 1. The molecule has 0 aliphatic carbocycles. The third kappa shape index (κ3) is 6.02. The molecule has 3 rings (SSSR count). The van der Waals surface area contributed by atoms with E-state index >= 15 is 0 Å². The van der Waals surface area contributed by atoms with Crippen molar-refractivity contribution in [2.45, 2.75) is 16.5 Å². The maximum Gasteiger partial charge on any atom is 0.230 e. The van der Waals surface area contributed by atoms with Gasteiger partial charge in [-0.2, -0.15) is 0 Å². The highest BCUT2D eigenvalue weighted by Crippen LogP contribution is 2.31. The number of aromatic nitrogens is 1. The first-order valence-electron chi connectivity index (χ1n) is 8.51. The van der Waals surface area contributed by atoms with Crippen LogP contribution < -0.4 is 14.8 Å². The highest BCUT2D eigenvalue weighted by atomic mass is 35.5. The Morgan fingerprint density at radius 2 is 2.00 bits per heavy atom. The summed E-state index contributed by atoms with van der Waals surface area (Å²) in [4.78, 5) is 16.9. The summed E-state index contributed by atoms with van der Waals surface area (Å²) in [6, 6.07) is 10.7. The Labute approximate surface area is 187 Å². The largest absolute Gasteiger partial charge is 0.497 e. The van der Waals surface area contributed by atoms with Gasteiger partial charge in [0.05, 0.1) is 32.0 Å². The van der Waals surface area contributed by atoms with Crippen molar-refractivity contribution in [3.05, 3.63) is 63.1 Å². The van der Waals surface area contributed by atoms with Gasteiger partial charge in [0.15, 0.2) is 0 Å². The van der Waals surface area contributed by atoms with Gasteiger partial charge in [-0.05, 0) is 29.8 Å². The second-order valence-electron chi connectivity index (χ2n) is 5.92. The molecule has 0 aliphatic rings. The van der Waals surface area contributed by atoms with Crippen LogP contribution in [0.1, 0.15) is 11.3 Å². The summed E-state index contributed by atoms with van der Waals surface area (Å²) in [6.07, 6.45) is 0.175. The van der Waals surface area contributed by atoms with Crippen LogP contribution in [-0.2, 0) is 17.0 Å². The van der Waals surface area contributed by atoms with E-state index in [1.807, 2.05) is 17.5 Å². The molecule has 0 aliphatic heterocycles. The zero-order valence-electron chi connectivity index (χ0n) is 15.7. The summed E-state index contributed by atoms with van der Waals surface area (Å²) >= 11 is 15.2. The third-order valence-electron chi connectivity index (χ3n) is 3.92. The van der Waals surface area contributed by atoms with Crippen molar-refractivity contribution in [3.8, 4) is 11.5 Å². The Kier molecular flexibility index (Phi) is 7.66. The van der Waals surface area contributed by atoms with Crippen LogP contribution in [-0.4, -0.2) is 25.1 Å². The maximum atomic E-state index is 12.4. The van der Waals surface area contributed by atoms with Gasteiger partial charge in [-0.1, -0.05) is 41.0 Å². The standard InChI is InChI=1S/C20H18Cl2N2O3S2/c1-26-15-5-6-17(18(9-15)27-2)24-19(25)8-14-11-29-20(23-14)28-10-12-3-4-13(21)7-16(12)22/h3-7,9,11H,8,10H2,1-2H3,(H,24,25). The molecule has 29 heavy (non-hydrogen) atoms. The van der Waals surface area contributed by atoms with E-state index < -0.39 is 0 Å². The Bertz CT molecular complexity index is 1010. The number of hydrogen-bond acceptors (Lipinski definition) is 6. The fourth-order valence-corrected chi connectivity index (χ4v) is 4.88. The van der Waals surface area contributed by atoms with Gasteiger partial charge in [0.2, 0.25) is 5.91 Å². The number of thioether (sulfide) groups is 1. The van der Waals surface area contributed by atoms with Crippen LogP contribution in [0.25, 0.3) is 0 Å². The highest BCUT2D eigenvalue weighted by Gasteiger charge is 2.12. The van der Waals surface area contributed by atoms with Gasteiger partial charge >= 0.3 is 0 Å². The zero-order valence-corrected chi connectivity index (χ0v) is 18.8. The minimum atomic E-state index is -0.170. The fourth-order valence-electron chi connectivity index (χ4n) is 2.47. The van der Waals surface area contributed by atoms with Crippen LogP contribution in [0.3, 0.4) is 0 Å². The number of carbonyl (C=O) groups excluding carboxylic acids is 1. The molecule has 0 saturated carbocycles. The maximum absolute atomic E-state index is 12.4. The summed E-state index contributed by atoms with van der Waals surface area (Å²) in [5.74, 6) is 1.70. The van der Waals surface area contributed by atoms with E-state index in [4.69, 9.17) is 32.7 Å². The Morgan fingerprint density at radius 1 is 1.17 bits per heavy atom. The first-order chi connectivity index (χ1) is 14.0. The summed E-state index contributed by atoms with van der Waals surface area (Å²) < 4.78 is 11.3. The van der Waals surface area contributed by atoms with Crippen molar-refractivity contribution in [3.63, 3.8) is 0 Å². The van der Waals surface area contributed by atoms with Gasteiger partial charge in [-0.15, -0.1) is 11.3 Å². The van der Waals surface area contributed by atoms with Crippen LogP contribution in [0.4, 0.5) is 5.69 Å². The van der Waals surface area contributed by atoms with Gasteiger partial charge in [-0.3, -0.25) is 4.79 Å². The molecule has 1 heterocycles. The first kappa shape index (κ1) is 21.8. The number of benzene rings is 2. The molecule has 152 valence electrons. The molecule has 1 aromatic heterocycles. The highest BCUT2D eigenvalue weighted by molar-refractivity contribution is 8.00. The summed E-state index contributed by atoms with van der Waals surface area (Å²) in [6.45, 7) is 0. The quantitative estimate of drug-likeness (QED) is 0.414. The van der Waals surface area contributed by atoms with Crippen LogP contribution in [0, 0.1) is 0 Å². The molecule has 1 amide bonds. The van der Waals surface area contributed by atoms with Crippen LogP contribution in [0.5, 0.6) is 11.5 Å². The Morgan fingerprint density at radius 3 is 2.72 bits per heavy atom. The number of rotatable bonds is 8. The number of anilines is 1. The number of hydrogen-bond donors (Lipinski definition) is 1. The minimum Gasteiger partial charge on any atom is -0.497 e. The molecule has 0 fully saturated rings. The second kappa shape index (κ2) is 10.2. The second-order valence-corrected chi connectivity index (χ2v) is 8.84. The number of methoxy groups -OCH3 is 2. The Hall–Kier alpha value is -1.93. The average molecular weight is 469 g/mol. The molecule has 3 aromatic rings. The minimum absolute atomic E-state index is 0.170. The van der Waals surface area contributed by atoms with Crippen molar-refractivity contribution in [1.29, 1.82) is 0 Å². The molecule has 9 heteroatoms. The molecular formula is C20H18Cl2N2O3S2. The van der Waals surface area contributed by atoms with E-state index in [9.17, 15) is 4.79 Å². The van der Waals surface area contributed by atoms with Crippen molar-refractivity contribution in [2.75, 3.05) is 19.5 Å². The van der Waals surface area contributed by atoms with E-state index in [0.29, 0.717) is 38.7 Å². The molecule has 0 unspecified atom stereocenters. The lowest BCUT2D eigenvalue weighted by Gasteiger charge is -2.11. The monoisotopic (exact) mass is 468 g/mol. The first-order valence-corrected chi connectivity index (χ1v) is 11.1. The number of nitrogens with one attached hydrogen (secondary N) is 1. The SMILES string of the molecule is COc1ccc(NC(=O)Cc2csc(SCc3ccc(Cl)cc3Cl)n2)c(OC)c1.